The summed E-state index contributed by atoms with van der Waals surface area (Å²) in [6, 6.07) is 16.8. The van der Waals surface area contributed by atoms with Crippen molar-refractivity contribution >= 4 is 29.1 Å². The Kier molecular flexibility index (Phi) is 4.67. The van der Waals surface area contributed by atoms with Gasteiger partial charge in [-0.1, -0.05) is 52.7 Å². The van der Waals surface area contributed by atoms with E-state index in [1.807, 2.05) is 49.4 Å². The number of carbonyl (C=O) groups excluding carboxylic acids is 2. The Labute approximate surface area is 166 Å². The number of nitrogens with one attached hydrogen (secondary N) is 1. The lowest BCUT2D eigenvalue weighted by Crippen LogP contribution is -2.32. The van der Waals surface area contributed by atoms with E-state index in [1.165, 1.54) is 0 Å². The summed E-state index contributed by atoms with van der Waals surface area (Å²) in [5, 5.41) is 10.9. The molecule has 1 N–H and O–H groups in total. The first-order valence-corrected chi connectivity index (χ1v) is 8.97. The molecule has 0 saturated heterocycles. The van der Waals surface area contributed by atoms with E-state index < -0.39 is 11.8 Å². The molecule has 2 aromatic carbocycles. The molecule has 0 fully saturated rings. The van der Waals surface area contributed by atoms with Crippen molar-refractivity contribution in [2.75, 3.05) is 5.32 Å². The zero-order valence-electron chi connectivity index (χ0n) is 15.0. The minimum Gasteiger partial charge on any atom is -0.350 e. The molecular formula is C20H16ClN5O2. The average molecular weight is 394 g/mol. The number of amides is 2. The van der Waals surface area contributed by atoms with E-state index in [1.54, 1.807) is 23.0 Å². The molecule has 3 aromatic rings. The van der Waals surface area contributed by atoms with Gasteiger partial charge in [-0.25, -0.2) is 4.68 Å². The summed E-state index contributed by atoms with van der Waals surface area (Å²) in [6.45, 7) is 1.98. The molecule has 0 radical (unpaired) electrons. The van der Waals surface area contributed by atoms with Crippen LogP contribution in [0.25, 0.3) is 5.69 Å². The summed E-state index contributed by atoms with van der Waals surface area (Å²) in [5.41, 5.74) is 3.18. The van der Waals surface area contributed by atoms with Gasteiger partial charge in [0.25, 0.3) is 11.8 Å². The lowest BCUT2D eigenvalue weighted by Gasteiger charge is -2.13. The van der Waals surface area contributed by atoms with Crippen LogP contribution in [0.4, 0.5) is 5.69 Å². The quantitative estimate of drug-likeness (QED) is 0.674. The molecule has 1 aliphatic rings. The summed E-state index contributed by atoms with van der Waals surface area (Å²) >= 11 is 6.11. The molecule has 8 heteroatoms. The van der Waals surface area contributed by atoms with Gasteiger partial charge in [0.2, 0.25) is 0 Å². The first kappa shape index (κ1) is 17.9. The van der Waals surface area contributed by atoms with Crippen LogP contribution in [0.5, 0.6) is 0 Å². The Morgan fingerprint density at radius 3 is 2.43 bits per heavy atom. The van der Waals surface area contributed by atoms with Gasteiger partial charge in [-0.2, -0.15) is 0 Å². The molecule has 7 nitrogen and oxygen atoms in total. The highest BCUT2D eigenvalue weighted by Crippen LogP contribution is 2.26. The lowest BCUT2D eigenvalue weighted by atomic mass is 10.2. The van der Waals surface area contributed by atoms with Crippen molar-refractivity contribution in [1.82, 2.24) is 19.9 Å². The monoisotopic (exact) mass is 393 g/mol. The van der Waals surface area contributed by atoms with Gasteiger partial charge in [-0.3, -0.25) is 14.5 Å². The minimum absolute atomic E-state index is 0.0142. The molecule has 28 heavy (non-hydrogen) atoms. The maximum absolute atomic E-state index is 12.7. The molecule has 140 valence electrons. The van der Waals surface area contributed by atoms with Crippen molar-refractivity contribution in [3.05, 3.63) is 82.8 Å². The van der Waals surface area contributed by atoms with E-state index in [0.717, 1.165) is 16.2 Å². The second-order valence-corrected chi connectivity index (χ2v) is 6.74. The molecule has 0 atom stereocenters. The van der Waals surface area contributed by atoms with Gasteiger partial charge < -0.3 is 5.32 Å². The maximum atomic E-state index is 12.7. The normalized spacial score (nSPS) is 14.1. The van der Waals surface area contributed by atoms with Crippen LogP contribution in [0.2, 0.25) is 0 Å². The predicted molar refractivity (Wildman–Crippen MR) is 105 cm³/mol. The third-order valence-electron chi connectivity index (χ3n) is 4.31. The fourth-order valence-electron chi connectivity index (χ4n) is 2.82. The van der Waals surface area contributed by atoms with Crippen LogP contribution in [0.1, 0.15) is 11.3 Å². The first-order chi connectivity index (χ1) is 13.5. The summed E-state index contributed by atoms with van der Waals surface area (Å²) < 4.78 is 1.60. The number of hydrogen-bond donors (Lipinski definition) is 1. The molecule has 4 rings (SSSR count). The molecule has 0 aliphatic carbocycles. The number of aromatic nitrogens is 3. The zero-order chi connectivity index (χ0) is 19.7. The Balaban J connectivity index is 1.51. The molecular weight excluding hydrogens is 378 g/mol. The zero-order valence-corrected chi connectivity index (χ0v) is 15.7. The standard InChI is InChI=1S/C20H16ClN5O2/c1-13-7-9-16(10-8-13)26-12-15(23-24-26)11-25-19(27)17(21)18(20(25)28)22-14-5-3-2-4-6-14/h2-10,12,22H,11H2,1H3. The minimum atomic E-state index is -0.560. The van der Waals surface area contributed by atoms with Crippen molar-refractivity contribution < 1.29 is 9.59 Å². The summed E-state index contributed by atoms with van der Waals surface area (Å²) in [4.78, 5) is 26.2. The van der Waals surface area contributed by atoms with E-state index >= 15 is 0 Å². The molecule has 0 spiro atoms. The van der Waals surface area contributed by atoms with Crippen molar-refractivity contribution in [1.29, 1.82) is 0 Å². The maximum Gasteiger partial charge on any atom is 0.279 e. The Morgan fingerprint density at radius 2 is 1.71 bits per heavy atom. The summed E-state index contributed by atoms with van der Waals surface area (Å²) in [6.07, 6.45) is 1.68. The van der Waals surface area contributed by atoms with E-state index in [4.69, 9.17) is 11.6 Å². The van der Waals surface area contributed by atoms with Crippen molar-refractivity contribution in [2.24, 2.45) is 0 Å². The Morgan fingerprint density at radius 1 is 1.00 bits per heavy atom. The number of hydrogen-bond acceptors (Lipinski definition) is 5. The number of rotatable bonds is 5. The van der Waals surface area contributed by atoms with Crippen LogP contribution < -0.4 is 5.32 Å². The van der Waals surface area contributed by atoms with Crippen molar-refractivity contribution in [3.63, 3.8) is 0 Å². The second kappa shape index (κ2) is 7.28. The van der Waals surface area contributed by atoms with Crippen LogP contribution in [0.15, 0.2) is 71.5 Å². The first-order valence-electron chi connectivity index (χ1n) is 8.59. The van der Waals surface area contributed by atoms with Gasteiger partial charge in [-0.05, 0) is 31.2 Å². The van der Waals surface area contributed by atoms with Gasteiger partial charge in [0.15, 0.2) is 0 Å². The molecule has 0 bridgehead atoms. The van der Waals surface area contributed by atoms with E-state index in [-0.39, 0.29) is 17.3 Å². The SMILES string of the molecule is Cc1ccc(-n2cc(CN3C(=O)C(Cl)=C(Nc4ccccc4)C3=O)nn2)cc1. The third kappa shape index (κ3) is 3.39. The molecule has 2 heterocycles. The number of benzene rings is 2. The number of aryl methyl sites for hydroxylation is 1. The van der Waals surface area contributed by atoms with Crippen LogP contribution in [-0.2, 0) is 16.1 Å². The third-order valence-corrected chi connectivity index (χ3v) is 4.66. The highest BCUT2D eigenvalue weighted by molar-refractivity contribution is 6.48. The van der Waals surface area contributed by atoms with Gasteiger partial charge in [0.1, 0.15) is 16.4 Å². The number of halogens is 1. The van der Waals surface area contributed by atoms with Crippen LogP contribution in [0, 0.1) is 6.92 Å². The largest absolute Gasteiger partial charge is 0.350 e. The van der Waals surface area contributed by atoms with Gasteiger partial charge >= 0.3 is 0 Å². The van der Waals surface area contributed by atoms with Crippen molar-refractivity contribution in [3.8, 4) is 5.69 Å². The average Bonchev–Trinajstić information content (AvgIpc) is 3.25. The fourth-order valence-corrected chi connectivity index (χ4v) is 3.05. The summed E-state index contributed by atoms with van der Waals surface area (Å²) in [7, 11) is 0. The topological polar surface area (TPSA) is 80.1 Å². The fraction of sp³-hybridized carbons (Fsp3) is 0.100. The highest BCUT2D eigenvalue weighted by Gasteiger charge is 2.38. The number of imide groups is 1. The van der Waals surface area contributed by atoms with Crippen LogP contribution >= 0.6 is 11.6 Å². The predicted octanol–water partition coefficient (Wildman–Crippen LogP) is 3.01. The van der Waals surface area contributed by atoms with E-state index in [0.29, 0.717) is 11.4 Å². The molecule has 1 aliphatic heterocycles. The number of nitrogens with zero attached hydrogens (tertiary/aromatic N) is 4. The van der Waals surface area contributed by atoms with Crippen molar-refractivity contribution in [2.45, 2.75) is 13.5 Å². The smallest absolute Gasteiger partial charge is 0.279 e. The molecule has 0 saturated carbocycles. The number of carbonyl (C=O) groups is 2. The lowest BCUT2D eigenvalue weighted by molar-refractivity contribution is -0.138. The molecule has 2 amide bonds. The van der Waals surface area contributed by atoms with Gasteiger partial charge in [-0.15, -0.1) is 5.10 Å². The van der Waals surface area contributed by atoms with Gasteiger partial charge in [0.05, 0.1) is 18.4 Å². The second-order valence-electron chi connectivity index (χ2n) is 6.37. The highest BCUT2D eigenvalue weighted by atomic mass is 35.5. The van der Waals surface area contributed by atoms with E-state index in [2.05, 4.69) is 15.6 Å². The molecule has 1 aromatic heterocycles. The number of para-hydroxylation sites is 1. The number of anilines is 1. The summed E-state index contributed by atoms with van der Waals surface area (Å²) in [5.74, 6) is -1.06. The Hall–Kier alpha value is -3.45. The molecule has 0 unspecified atom stereocenters. The van der Waals surface area contributed by atoms with Crippen LogP contribution in [0.3, 0.4) is 0 Å². The van der Waals surface area contributed by atoms with Gasteiger partial charge in [0, 0.05) is 5.69 Å². The van der Waals surface area contributed by atoms with E-state index in [9.17, 15) is 9.59 Å². The Bertz CT molecular complexity index is 1070. The van der Waals surface area contributed by atoms with Crippen LogP contribution in [-0.4, -0.2) is 31.7 Å².